The summed E-state index contributed by atoms with van der Waals surface area (Å²) in [7, 11) is 0. The van der Waals surface area contributed by atoms with Crippen LogP contribution in [-0.2, 0) is 4.74 Å². The third kappa shape index (κ3) is 2.18. The molecule has 4 heteroatoms. The lowest BCUT2D eigenvalue weighted by Gasteiger charge is -2.39. The van der Waals surface area contributed by atoms with Crippen molar-refractivity contribution < 1.29 is 13.5 Å². The number of alkyl halides is 1. The van der Waals surface area contributed by atoms with E-state index in [4.69, 9.17) is 4.74 Å². The second kappa shape index (κ2) is 4.95. The van der Waals surface area contributed by atoms with Gasteiger partial charge in [0.1, 0.15) is 12.0 Å². The summed E-state index contributed by atoms with van der Waals surface area (Å²) in [6.07, 6.45) is 3.71. The minimum absolute atomic E-state index is 0.0211. The summed E-state index contributed by atoms with van der Waals surface area (Å²) in [5, 5.41) is 3.47. The molecule has 3 aliphatic rings. The van der Waals surface area contributed by atoms with E-state index in [2.05, 4.69) is 5.32 Å². The van der Waals surface area contributed by atoms with Crippen molar-refractivity contribution in [3.63, 3.8) is 0 Å². The predicted octanol–water partition coefficient (Wildman–Crippen LogP) is 3.43. The predicted molar refractivity (Wildman–Crippen MR) is 75.8 cm³/mol. The van der Waals surface area contributed by atoms with Crippen LogP contribution in [0.25, 0.3) is 0 Å². The summed E-state index contributed by atoms with van der Waals surface area (Å²) < 4.78 is 33.0. The third-order valence-electron chi connectivity index (χ3n) is 4.66. The average Bonchev–Trinajstić information content (AvgIpc) is 2.96. The molecule has 1 saturated heterocycles. The van der Waals surface area contributed by atoms with Crippen molar-refractivity contribution in [2.45, 2.75) is 31.2 Å². The van der Waals surface area contributed by atoms with Crippen molar-refractivity contribution in [2.75, 3.05) is 6.61 Å². The van der Waals surface area contributed by atoms with Crippen LogP contribution < -0.4 is 5.32 Å². The van der Waals surface area contributed by atoms with Gasteiger partial charge in [0.25, 0.3) is 0 Å². The van der Waals surface area contributed by atoms with E-state index in [0.717, 1.165) is 23.3 Å². The van der Waals surface area contributed by atoms with E-state index in [-0.39, 0.29) is 23.9 Å². The molecule has 2 heterocycles. The summed E-state index contributed by atoms with van der Waals surface area (Å²) in [4.78, 5) is 0. The number of hydrogen-bond acceptors (Lipinski definition) is 2. The van der Waals surface area contributed by atoms with Crippen molar-refractivity contribution in [1.29, 1.82) is 0 Å². The van der Waals surface area contributed by atoms with Crippen molar-refractivity contribution in [3.05, 3.63) is 59.1 Å². The van der Waals surface area contributed by atoms with Gasteiger partial charge < -0.3 is 10.1 Å². The fourth-order valence-electron chi connectivity index (χ4n) is 3.72. The Hall–Kier alpha value is -1.68. The average molecular weight is 289 g/mol. The van der Waals surface area contributed by atoms with E-state index in [1.807, 2.05) is 6.07 Å². The van der Waals surface area contributed by atoms with Crippen LogP contribution in [0.15, 0.2) is 47.7 Å². The van der Waals surface area contributed by atoms with Gasteiger partial charge in [0.05, 0.1) is 12.1 Å². The summed E-state index contributed by atoms with van der Waals surface area (Å²) in [6.45, 7) is 0.681. The van der Waals surface area contributed by atoms with Crippen LogP contribution in [-0.4, -0.2) is 18.9 Å². The topological polar surface area (TPSA) is 21.3 Å². The Morgan fingerprint density at radius 1 is 1.29 bits per heavy atom. The van der Waals surface area contributed by atoms with Gasteiger partial charge in [-0.1, -0.05) is 12.1 Å². The molecule has 0 spiro atoms. The molecule has 2 nitrogen and oxygen atoms in total. The molecule has 0 amide bonds. The molecule has 1 aliphatic carbocycles. The van der Waals surface area contributed by atoms with Crippen molar-refractivity contribution >= 4 is 0 Å². The second-order valence-corrected chi connectivity index (χ2v) is 5.94. The molecular weight excluding hydrogens is 272 g/mol. The smallest absolute Gasteiger partial charge is 0.123 e. The number of hydrogen-bond donors (Lipinski definition) is 1. The first kappa shape index (κ1) is 13.0. The van der Waals surface area contributed by atoms with E-state index < -0.39 is 6.17 Å². The zero-order chi connectivity index (χ0) is 14.4. The van der Waals surface area contributed by atoms with Gasteiger partial charge >= 0.3 is 0 Å². The molecule has 1 unspecified atom stereocenters. The molecule has 21 heavy (non-hydrogen) atoms. The van der Waals surface area contributed by atoms with Crippen LogP contribution in [0.3, 0.4) is 0 Å². The molecule has 0 radical (unpaired) electrons. The fourth-order valence-corrected chi connectivity index (χ4v) is 3.72. The molecule has 1 N–H and O–H groups in total. The first-order valence-electron chi connectivity index (χ1n) is 7.41. The Kier molecular flexibility index (Phi) is 3.07. The number of fused-ring (bicyclic) bond motifs is 2. The van der Waals surface area contributed by atoms with Gasteiger partial charge in [-0.15, -0.1) is 0 Å². The molecule has 0 bridgehead atoms. The highest BCUT2D eigenvalue weighted by Crippen LogP contribution is 2.44. The maximum atomic E-state index is 13.6. The molecule has 1 fully saturated rings. The molecule has 1 aromatic carbocycles. The molecule has 4 rings (SSSR count). The Labute approximate surface area is 122 Å². The van der Waals surface area contributed by atoms with E-state index in [1.165, 1.54) is 6.07 Å². The van der Waals surface area contributed by atoms with Crippen molar-refractivity contribution in [2.24, 2.45) is 5.92 Å². The maximum absolute atomic E-state index is 13.6. The lowest BCUT2D eigenvalue weighted by molar-refractivity contribution is 0.0949. The monoisotopic (exact) mass is 289 g/mol. The summed E-state index contributed by atoms with van der Waals surface area (Å²) >= 11 is 0. The summed E-state index contributed by atoms with van der Waals surface area (Å²) in [5.41, 5.74) is 2.90. The van der Waals surface area contributed by atoms with Crippen LogP contribution in [0.1, 0.15) is 24.4 Å². The van der Waals surface area contributed by atoms with Crippen LogP contribution in [0.2, 0.25) is 0 Å². The Morgan fingerprint density at radius 3 is 3.05 bits per heavy atom. The number of ether oxygens (including phenoxy) is 1. The van der Waals surface area contributed by atoms with E-state index in [9.17, 15) is 8.78 Å². The Balaban J connectivity index is 1.73. The molecule has 4 atom stereocenters. The molecule has 0 aromatic heterocycles. The Morgan fingerprint density at radius 2 is 2.19 bits per heavy atom. The number of halogens is 2. The van der Waals surface area contributed by atoms with E-state index >= 15 is 0 Å². The van der Waals surface area contributed by atoms with Gasteiger partial charge in [0, 0.05) is 24.6 Å². The van der Waals surface area contributed by atoms with Gasteiger partial charge in [-0.05, 0) is 41.8 Å². The molecule has 110 valence electrons. The van der Waals surface area contributed by atoms with Crippen LogP contribution in [0.4, 0.5) is 8.78 Å². The van der Waals surface area contributed by atoms with Gasteiger partial charge in [-0.25, -0.2) is 8.78 Å². The van der Waals surface area contributed by atoms with Gasteiger partial charge in [-0.2, -0.15) is 0 Å². The maximum Gasteiger partial charge on any atom is 0.123 e. The molecule has 0 saturated carbocycles. The Bertz CT molecular complexity index is 625. The highest BCUT2D eigenvalue weighted by molar-refractivity contribution is 5.39. The molecule has 1 aromatic rings. The van der Waals surface area contributed by atoms with E-state index in [0.29, 0.717) is 13.0 Å². The third-order valence-corrected chi connectivity index (χ3v) is 4.66. The van der Waals surface area contributed by atoms with Gasteiger partial charge in [-0.3, -0.25) is 0 Å². The quantitative estimate of drug-likeness (QED) is 0.855. The van der Waals surface area contributed by atoms with Crippen molar-refractivity contribution in [1.82, 2.24) is 5.32 Å². The lowest BCUT2D eigenvalue weighted by Crippen LogP contribution is -2.41. The van der Waals surface area contributed by atoms with E-state index in [1.54, 1.807) is 24.3 Å². The first-order chi connectivity index (χ1) is 10.2. The van der Waals surface area contributed by atoms with Crippen LogP contribution >= 0.6 is 0 Å². The number of benzene rings is 1. The fraction of sp³-hybridized carbons (Fsp3) is 0.412. The molecular formula is C17H17F2NO. The normalized spacial score (nSPS) is 34.4. The zero-order valence-electron chi connectivity index (χ0n) is 11.6. The van der Waals surface area contributed by atoms with Crippen LogP contribution in [0.5, 0.6) is 0 Å². The lowest BCUT2D eigenvalue weighted by atomic mass is 9.78. The minimum Gasteiger partial charge on any atom is -0.378 e. The van der Waals surface area contributed by atoms with Crippen molar-refractivity contribution in [3.8, 4) is 0 Å². The van der Waals surface area contributed by atoms with Gasteiger partial charge in [0.2, 0.25) is 0 Å². The SMILES string of the molecule is Fc1cccc([C@H]2NC3=C(CC(F)C=C3)[C@@H]3OCC[C@H]23)c1. The van der Waals surface area contributed by atoms with Crippen LogP contribution in [0, 0.1) is 11.7 Å². The first-order valence-corrected chi connectivity index (χ1v) is 7.41. The molecule has 2 aliphatic heterocycles. The minimum atomic E-state index is -0.930. The highest BCUT2D eigenvalue weighted by atomic mass is 19.1. The zero-order valence-corrected chi connectivity index (χ0v) is 11.6. The second-order valence-electron chi connectivity index (χ2n) is 5.94. The standard InChI is InChI=1S/C17H17F2NO/c18-11-3-1-2-10(8-11)16-13-6-7-21-17(13)14-9-12(19)4-5-15(14)20-16/h1-5,8,12-13,16-17,20H,6-7,9H2/t12?,13-,16-,17-/m1/s1. The number of rotatable bonds is 1. The highest BCUT2D eigenvalue weighted by Gasteiger charge is 2.43. The number of nitrogens with one attached hydrogen (secondary N) is 1. The number of allylic oxidation sites excluding steroid dienone is 2. The van der Waals surface area contributed by atoms with Gasteiger partial charge in [0.15, 0.2) is 0 Å². The summed E-state index contributed by atoms with van der Waals surface area (Å²) in [6, 6.07) is 6.71. The largest absolute Gasteiger partial charge is 0.378 e. The summed E-state index contributed by atoms with van der Waals surface area (Å²) in [5.74, 6) is 0.0109.